The lowest BCUT2D eigenvalue weighted by Gasteiger charge is -2.15. The van der Waals surface area contributed by atoms with Crippen molar-refractivity contribution < 1.29 is 18.0 Å². The Balaban J connectivity index is 2.11. The van der Waals surface area contributed by atoms with E-state index in [0.717, 1.165) is 10.9 Å². The van der Waals surface area contributed by atoms with Gasteiger partial charge in [0.05, 0.1) is 33.2 Å². The van der Waals surface area contributed by atoms with Gasteiger partial charge in [0.25, 0.3) is 11.5 Å². The largest absolute Gasteiger partial charge is 0.416 e. The van der Waals surface area contributed by atoms with Gasteiger partial charge in [0.2, 0.25) is 0 Å². The normalized spacial score (nSPS) is 11.3. The quantitative estimate of drug-likeness (QED) is 0.640. The highest BCUT2D eigenvalue weighted by Crippen LogP contribution is 2.37. The second-order valence-electron chi connectivity index (χ2n) is 5.66. The Morgan fingerprint density at radius 3 is 2.41 bits per heavy atom. The summed E-state index contributed by atoms with van der Waals surface area (Å²) in [6, 6.07) is 4.31. The lowest BCUT2D eigenvalue weighted by molar-refractivity contribution is -0.137. The third-order valence-corrected chi connectivity index (χ3v) is 4.31. The van der Waals surface area contributed by atoms with Crippen molar-refractivity contribution in [3.05, 3.63) is 74.5 Å². The molecule has 0 aliphatic carbocycles. The monoisotopic (exact) mass is 443 g/mol. The number of carbonyl (C=O) groups is 1. The summed E-state index contributed by atoms with van der Waals surface area (Å²) in [5.74, 6) is -1.27. The Bertz CT molecular complexity index is 1130. The summed E-state index contributed by atoms with van der Waals surface area (Å²) in [4.78, 5) is 32.9. The first-order chi connectivity index (χ1) is 13.6. The summed E-state index contributed by atoms with van der Waals surface area (Å²) >= 11 is 11.9. The number of nitrogens with two attached hydrogens (primary N) is 1. The molecule has 2 aromatic heterocycles. The maximum atomic E-state index is 12.9. The minimum atomic E-state index is -4.69. The predicted octanol–water partition coefficient (Wildman–Crippen LogP) is 3.79. The molecule has 3 N–H and O–H groups in total. The number of amides is 1. The van der Waals surface area contributed by atoms with Crippen LogP contribution in [0.5, 0.6) is 0 Å². The van der Waals surface area contributed by atoms with E-state index in [1.165, 1.54) is 18.5 Å². The minimum absolute atomic E-state index is 0.269. The van der Waals surface area contributed by atoms with Crippen LogP contribution in [-0.4, -0.2) is 20.4 Å². The molecule has 0 spiro atoms. The third kappa shape index (κ3) is 4.17. The van der Waals surface area contributed by atoms with E-state index in [4.69, 9.17) is 28.9 Å². The van der Waals surface area contributed by atoms with Crippen molar-refractivity contribution in [3.8, 4) is 5.69 Å². The molecule has 0 saturated heterocycles. The maximum absolute atomic E-state index is 12.9. The van der Waals surface area contributed by atoms with Crippen LogP contribution in [0.1, 0.15) is 15.9 Å². The van der Waals surface area contributed by atoms with Crippen LogP contribution in [0.4, 0.5) is 24.7 Å². The number of hydrogen-bond donors (Lipinski definition) is 2. The van der Waals surface area contributed by atoms with E-state index in [0.29, 0.717) is 12.1 Å². The molecule has 0 atom stereocenters. The predicted molar refractivity (Wildman–Crippen MR) is 101 cm³/mol. The molecular weight excluding hydrogens is 434 g/mol. The molecule has 1 amide bonds. The van der Waals surface area contributed by atoms with E-state index < -0.39 is 38.8 Å². The molecule has 3 rings (SSSR count). The molecule has 12 heteroatoms. The van der Waals surface area contributed by atoms with Gasteiger partial charge in [-0.25, -0.2) is 4.98 Å². The van der Waals surface area contributed by atoms with Crippen molar-refractivity contribution in [3.63, 3.8) is 0 Å². The second kappa shape index (κ2) is 7.72. The van der Waals surface area contributed by atoms with Gasteiger partial charge in [-0.2, -0.15) is 13.2 Å². The molecule has 1 aromatic carbocycles. The highest BCUT2D eigenvalue weighted by atomic mass is 35.5. The van der Waals surface area contributed by atoms with E-state index in [1.807, 2.05) is 0 Å². The third-order valence-electron chi connectivity index (χ3n) is 3.73. The number of alkyl halides is 3. The number of carbonyl (C=O) groups excluding carboxylic acids is 1. The van der Waals surface area contributed by atoms with Crippen LogP contribution in [0.15, 0.2) is 47.8 Å². The average Bonchev–Trinajstić information content (AvgIpc) is 2.63. The van der Waals surface area contributed by atoms with Gasteiger partial charge in [-0.05, 0) is 24.3 Å². The lowest BCUT2D eigenvalue weighted by atomic mass is 10.2. The molecule has 7 nitrogen and oxygen atoms in total. The number of benzene rings is 1. The molecule has 0 unspecified atom stereocenters. The molecule has 3 aromatic rings. The lowest BCUT2D eigenvalue weighted by Crippen LogP contribution is -2.31. The molecule has 0 bridgehead atoms. The minimum Gasteiger partial charge on any atom is -0.383 e. The van der Waals surface area contributed by atoms with Crippen molar-refractivity contribution in [2.24, 2.45) is 0 Å². The first-order valence-electron chi connectivity index (χ1n) is 7.74. The van der Waals surface area contributed by atoms with Crippen LogP contribution in [0.2, 0.25) is 10.0 Å². The summed E-state index contributed by atoms with van der Waals surface area (Å²) in [6.07, 6.45) is -0.952. The average molecular weight is 444 g/mol. The number of nitrogen functional groups attached to an aromatic ring is 1. The van der Waals surface area contributed by atoms with E-state index >= 15 is 0 Å². The van der Waals surface area contributed by atoms with Gasteiger partial charge in [0.15, 0.2) is 0 Å². The molecule has 0 saturated carbocycles. The number of nitrogens with zero attached hydrogens (tertiary/aromatic N) is 3. The molecule has 0 aliphatic rings. The fourth-order valence-corrected chi connectivity index (χ4v) is 3.10. The van der Waals surface area contributed by atoms with Crippen LogP contribution < -0.4 is 16.6 Å². The highest BCUT2D eigenvalue weighted by Gasteiger charge is 2.32. The summed E-state index contributed by atoms with van der Waals surface area (Å²) in [5.41, 5.74) is 3.08. The van der Waals surface area contributed by atoms with Crippen molar-refractivity contribution in [2.75, 3.05) is 11.1 Å². The second-order valence-corrected chi connectivity index (χ2v) is 6.48. The van der Waals surface area contributed by atoms with Crippen molar-refractivity contribution >= 4 is 40.6 Å². The topological polar surface area (TPSA) is 103 Å². The van der Waals surface area contributed by atoms with Crippen LogP contribution in [-0.2, 0) is 6.18 Å². The van der Waals surface area contributed by atoms with Gasteiger partial charge < -0.3 is 11.1 Å². The fourth-order valence-electron chi connectivity index (χ4n) is 2.43. The van der Waals surface area contributed by atoms with E-state index in [1.54, 1.807) is 6.07 Å². The Morgan fingerprint density at radius 1 is 1.21 bits per heavy atom. The van der Waals surface area contributed by atoms with E-state index in [2.05, 4.69) is 15.3 Å². The molecule has 29 heavy (non-hydrogen) atoms. The Labute approximate surface area is 170 Å². The summed E-state index contributed by atoms with van der Waals surface area (Å²) in [5, 5.41) is 1.51. The SMILES string of the molecule is Nc1ncn(-c2c(Cl)cc(C(F)(F)F)cc2Cl)c(=O)c1C(=O)Nc1cccnc1. The molecule has 0 radical (unpaired) electrons. The Kier molecular flexibility index (Phi) is 5.49. The number of aromatic nitrogens is 3. The van der Waals surface area contributed by atoms with Gasteiger partial charge in [-0.3, -0.25) is 19.1 Å². The van der Waals surface area contributed by atoms with Crippen LogP contribution in [0.3, 0.4) is 0 Å². The van der Waals surface area contributed by atoms with Crippen molar-refractivity contribution in [1.29, 1.82) is 0 Å². The van der Waals surface area contributed by atoms with Gasteiger partial charge >= 0.3 is 6.18 Å². The van der Waals surface area contributed by atoms with Crippen LogP contribution in [0.25, 0.3) is 5.69 Å². The molecular formula is C17H10Cl2F3N5O2. The van der Waals surface area contributed by atoms with Crippen molar-refractivity contribution in [2.45, 2.75) is 6.18 Å². The summed E-state index contributed by atoms with van der Waals surface area (Å²) < 4.78 is 39.5. The zero-order chi connectivity index (χ0) is 21.3. The summed E-state index contributed by atoms with van der Waals surface area (Å²) in [7, 11) is 0. The highest BCUT2D eigenvalue weighted by molar-refractivity contribution is 6.37. The fraction of sp³-hybridized carbons (Fsp3) is 0.0588. The van der Waals surface area contributed by atoms with Gasteiger partial charge in [0, 0.05) is 6.20 Å². The smallest absolute Gasteiger partial charge is 0.383 e. The molecule has 0 aliphatic heterocycles. The molecule has 150 valence electrons. The molecule has 0 fully saturated rings. The van der Waals surface area contributed by atoms with Crippen LogP contribution in [0, 0.1) is 0 Å². The summed E-state index contributed by atoms with van der Waals surface area (Å²) in [6.45, 7) is 0. The van der Waals surface area contributed by atoms with E-state index in [-0.39, 0.29) is 17.2 Å². The number of hydrogen-bond acceptors (Lipinski definition) is 5. The van der Waals surface area contributed by atoms with Crippen molar-refractivity contribution in [1.82, 2.24) is 14.5 Å². The Morgan fingerprint density at radius 2 is 1.86 bits per heavy atom. The zero-order valence-corrected chi connectivity index (χ0v) is 15.7. The number of nitrogens with one attached hydrogen (secondary N) is 1. The maximum Gasteiger partial charge on any atom is 0.416 e. The number of halogens is 5. The number of pyridine rings is 1. The zero-order valence-electron chi connectivity index (χ0n) is 14.2. The number of anilines is 2. The Hall–Kier alpha value is -3.11. The first kappa shape index (κ1) is 20.6. The van der Waals surface area contributed by atoms with Gasteiger partial charge in [-0.15, -0.1) is 0 Å². The first-order valence-corrected chi connectivity index (χ1v) is 8.50. The van der Waals surface area contributed by atoms with E-state index in [9.17, 15) is 22.8 Å². The van der Waals surface area contributed by atoms with Gasteiger partial charge in [0.1, 0.15) is 17.7 Å². The molecule has 2 heterocycles. The standard InChI is InChI=1S/C17H10Cl2F3N5O2/c18-10-4-8(17(20,21)22)5-11(19)13(10)27-7-25-14(23)12(16(27)29)15(28)26-9-2-1-3-24-6-9/h1-7H,23H2,(H,26,28). The van der Waals surface area contributed by atoms with Gasteiger partial charge in [-0.1, -0.05) is 23.2 Å². The number of rotatable bonds is 3. The van der Waals surface area contributed by atoms with Crippen LogP contribution >= 0.6 is 23.2 Å².